The lowest BCUT2D eigenvalue weighted by molar-refractivity contribution is 0.339. The number of rotatable bonds is 3. The first-order valence-corrected chi connectivity index (χ1v) is 6.99. The molecule has 4 nitrogen and oxygen atoms in total. The maximum Gasteiger partial charge on any atom is 0.267 e. The average Bonchev–Trinajstić information content (AvgIpc) is 2.49. The standard InChI is InChI=1S/C16H13ClN2O2/c1-2-21-14-10-6-5-9-13(14)19-15(20)11-7-3-4-8-12(11)18-16(19)17/h3-10H,2H2,1H3. The highest BCUT2D eigenvalue weighted by Crippen LogP contribution is 2.24. The summed E-state index contributed by atoms with van der Waals surface area (Å²) < 4.78 is 6.94. The molecule has 2 aromatic carbocycles. The second-order valence-corrected chi connectivity index (χ2v) is 4.78. The van der Waals surface area contributed by atoms with Gasteiger partial charge < -0.3 is 4.74 Å². The molecule has 0 aliphatic rings. The van der Waals surface area contributed by atoms with Gasteiger partial charge in [0.1, 0.15) is 5.75 Å². The summed E-state index contributed by atoms with van der Waals surface area (Å²) in [7, 11) is 0. The van der Waals surface area contributed by atoms with Gasteiger partial charge >= 0.3 is 0 Å². The first-order valence-electron chi connectivity index (χ1n) is 6.62. The molecule has 0 N–H and O–H groups in total. The molecule has 0 aliphatic heterocycles. The van der Waals surface area contributed by atoms with Gasteiger partial charge in [0.15, 0.2) is 0 Å². The third kappa shape index (κ3) is 2.38. The molecular formula is C16H13ClN2O2. The van der Waals surface area contributed by atoms with E-state index >= 15 is 0 Å². The Morgan fingerprint density at radius 2 is 1.86 bits per heavy atom. The SMILES string of the molecule is CCOc1ccccc1-n1c(Cl)nc2ccccc2c1=O. The van der Waals surface area contributed by atoms with Crippen molar-refractivity contribution in [1.82, 2.24) is 9.55 Å². The predicted octanol–water partition coefficient (Wildman–Crippen LogP) is 3.44. The molecule has 0 fully saturated rings. The molecule has 0 bridgehead atoms. The van der Waals surface area contributed by atoms with Crippen molar-refractivity contribution in [3.63, 3.8) is 0 Å². The van der Waals surface area contributed by atoms with Gasteiger partial charge in [-0.2, -0.15) is 0 Å². The van der Waals surface area contributed by atoms with Crippen LogP contribution >= 0.6 is 11.6 Å². The molecule has 0 amide bonds. The average molecular weight is 301 g/mol. The lowest BCUT2D eigenvalue weighted by Crippen LogP contribution is -2.21. The van der Waals surface area contributed by atoms with Crippen molar-refractivity contribution in [3.8, 4) is 11.4 Å². The van der Waals surface area contributed by atoms with Crippen LogP contribution in [-0.4, -0.2) is 16.2 Å². The van der Waals surface area contributed by atoms with Gasteiger partial charge in [0.2, 0.25) is 5.28 Å². The lowest BCUT2D eigenvalue weighted by Gasteiger charge is -2.13. The summed E-state index contributed by atoms with van der Waals surface area (Å²) in [6.45, 7) is 2.39. The third-order valence-corrected chi connectivity index (χ3v) is 3.39. The number of hydrogen-bond donors (Lipinski definition) is 0. The Labute approximate surface area is 126 Å². The molecule has 1 heterocycles. The van der Waals surface area contributed by atoms with Gasteiger partial charge in [-0.05, 0) is 42.8 Å². The van der Waals surface area contributed by atoms with Gasteiger partial charge in [-0.15, -0.1) is 0 Å². The predicted molar refractivity (Wildman–Crippen MR) is 83.5 cm³/mol. The molecule has 106 valence electrons. The normalized spacial score (nSPS) is 10.8. The summed E-state index contributed by atoms with van der Waals surface area (Å²) in [5.41, 5.74) is 0.961. The van der Waals surface area contributed by atoms with E-state index in [9.17, 15) is 4.79 Å². The van der Waals surface area contributed by atoms with Crippen molar-refractivity contribution in [1.29, 1.82) is 0 Å². The Balaban J connectivity index is 2.33. The second kappa shape index (κ2) is 5.58. The molecule has 0 saturated heterocycles. The van der Waals surface area contributed by atoms with E-state index in [0.29, 0.717) is 28.9 Å². The van der Waals surface area contributed by atoms with E-state index in [1.807, 2.05) is 25.1 Å². The van der Waals surface area contributed by atoms with Crippen molar-refractivity contribution >= 4 is 22.5 Å². The van der Waals surface area contributed by atoms with Crippen molar-refractivity contribution in [2.24, 2.45) is 0 Å². The van der Waals surface area contributed by atoms with Crippen LogP contribution in [0.3, 0.4) is 0 Å². The minimum Gasteiger partial charge on any atom is -0.492 e. The van der Waals surface area contributed by atoms with Crippen LogP contribution in [0.4, 0.5) is 0 Å². The van der Waals surface area contributed by atoms with Crippen molar-refractivity contribution in [3.05, 3.63) is 64.2 Å². The van der Waals surface area contributed by atoms with Crippen LogP contribution in [0.1, 0.15) is 6.92 Å². The Morgan fingerprint density at radius 3 is 2.67 bits per heavy atom. The molecule has 0 atom stereocenters. The van der Waals surface area contributed by atoms with Gasteiger partial charge in [-0.25, -0.2) is 9.55 Å². The monoisotopic (exact) mass is 300 g/mol. The summed E-state index contributed by atoms with van der Waals surface area (Å²) in [5.74, 6) is 0.598. The van der Waals surface area contributed by atoms with Crippen molar-refractivity contribution < 1.29 is 4.74 Å². The number of benzene rings is 2. The number of hydrogen-bond acceptors (Lipinski definition) is 3. The lowest BCUT2D eigenvalue weighted by atomic mass is 10.2. The largest absolute Gasteiger partial charge is 0.492 e. The van der Waals surface area contributed by atoms with Gasteiger partial charge in [0, 0.05) is 0 Å². The Morgan fingerprint density at radius 1 is 1.14 bits per heavy atom. The minimum atomic E-state index is -0.210. The smallest absolute Gasteiger partial charge is 0.267 e. The van der Waals surface area contributed by atoms with E-state index in [1.54, 1.807) is 30.3 Å². The molecule has 0 unspecified atom stereocenters. The van der Waals surface area contributed by atoms with Crippen LogP contribution in [0.2, 0.25) is 5.28 Å². The van der Waals surface area contributed by atoms with Crippen LogP contribution < -0.4 is 10.3 Å². The number of ether oxygens (including phenoxy) is 1. The zero-order valence-electron chi connectivity index (χ0n) is 11.4. The highest BCUT2D eigenvalue weighted by molar-refractivity contribution is 6.29. The zero-order chi connectivity index (χ0) is 14.8. The molecule has 3 aromatic rings. The van der Waals surface area contributed by atoms with E-state index in [0.717, 1.165) is 0 Å². The second-order valence-electron chi connectivity index (χ2n) is 4.44. The quantitative estimate of drug-likeness (QED) is 0.696. The molecule has 21 heavy (non-hydrogen) atoms. The Bertz CT molecular complexity index is 858. The highest BCUT2D eigenvalue weighted by atomic mass is 35.5. The van der Waals surface area contributed by atoms with E-state index in [1.165, 1.54) is 4.57 Å². The first-order chi connectivity index (χ1) is 10.2. The topological polar surface area (TPSA) is 44.1 Å². The summed E-state index contributed by atoms with van der Waals surface area (Å²) >= 11 is 6.21. The first kappa shape index (κ1) is 13.6. The van der Waals surface area contributed by atoms with Gasteiger partial charge in [0.05, 0.1) is 23.2 Å². The molecule has 0 radical (unpaired) electrons. The van der Waals surface area contributed by atoms with E-state index in [-0.39, 0.29) is 10.8 Å². The van der Waals surface area contributed by atoms with Crippen LogP contribution in [0, 0.1) is 0 Å². The van der Waals surface area contributed by atoms with Crippen molar-refractivity contribution in [2.75, 3.05) is 6.61 Å². The Hall–Kier alpha value is -2.33. The highest BCUT2D eigenvalue weighted by Gasteiger charge is 2.14. The van der Waals surface area contributed by atoms with E-state index in [2.05, 4.69) is 4.98 Å². The number of nitrogens with zero attached hydrogens (tertiary/aromatic N) is 2. The van der Waals surface area contributed by atoms with Crippen molar-refractivity contribution in [2.45, 2.75) is 6.92 Å². The fourth-order valence-corrected chi connectivity index (χ4v) is 2.49. The number of fused-ring (bicyclic) bond motifs is 1. The summed E-state index contributed by atoms with van der Waals surface area (Å²) in [6, 6.07) is 14.4. The molecule has 0 saturated carbocycles. The third-order valence-electron chi connectivity index (χ3n) is 3.14. The molecular weight excluding hydrogens is 288 g/mol. The summed E-state index contributed by atoms with van der Waals surface area (Å²) in [6.07, 6.45) is 0. The molecule has 3 rings (SSSR count). The van der Waals surface area contributed by atoms with Gasteiger partial charge in [-0.1, -0.05) is 24.3 Å². The molecule has 0 aliphatic carbocycles. The summed E-state index contributed by atoms with van der Waals surface area (Å²) in [4.78, 5) is 17.0. The molecule has 1 aromatic heterocycles. The maximum absolute atomic E-state index is 12.7. The Kier molecular flexibility index (Phi) is 3.62. The van der Waals surface area contributed by atoms with Crippen LogP contribution in [-0.2, 0) is 0 Å². The number of aromatic nitrogens is 2. The number of para-hydroxylation sites is 3. The minimum absolute atomic E-state index is 0.117. The fraction of sp³-hybridized carbons (Fsp3) is 0.125. The number of halogens is 1. The van der Waals surface area contributed by atoms with E-state index < -0.39 is 0 Å². The van der Waals surface area contributed by atoms with Gasteiger partial charge in [0.25, 0.3) is 5.56 Å². The summed E-state index contributed by atoms with van der Waals surface area (Å²) in [5, 5.41) is 0.638. The molecule has 0 spiro atoms. The fourth-order valence-electron chi connectivity index (χ4n) is 2.23. The molecule has 5 heteroatoms. The van der Waals surface area contributed by atoms with Crippen LogP contribution in [0.15, 0.2) is 53.3 Å². The van der Waals surface area contributed by atoms with Gasteiger partial charge in [-0.3, -0.25) is 4.79 Å². The maximum atomic E-state index is 12.7. The van der Waals surface area contributed by atoms with E-state index in [4.69, 9.17) is 16.3 Å². The zero-order valence-corrected chi connectivity index (χ0v) is 12.2. The van der Waals surface area contributed by atoms with Crippen LogP contribution in [0.25, 0.3) is 16.6 Å². The van der Waals surface area contributed by atoms with Crippen LogP contribution in [0.5, 0.6) is 5.75 Å².